The van der Waals surface area contributed by atoms with Gasteiger partial charge in [0.2, 0.25) is 0 Å². The Hall–Kier alpha value is -2.05. The van der Waals surface area contributed by atoms with E-state index in [9.17, 15) is 4.79 Å². The third-order valence-corrected chi connectivity index (χ3v) is 5.44. The van der Waals surface area contributed by atoms with E-state index in [0.29, 0.717) is 11.7 Å². The third-order valence-electron chi connectivity index (χ3n) is 4.71. The van der Waals surface area contributed by atoms with Gasteiger partial charge in [-0.2, -0.15) is 11.3 Å². The lowest BCUT2D eigenvalue weighted by Gasteiger charge is -2.31. The van der Waals surface area contributed by atoms with Gasteiger partial charge in [0.1, 0.15) is 11.5 Å². The summed E-state index contributed by atoms with van der Waals surface area (Å²) in [6.45, 7) is 4.01. The molecule has 0 aliphatic carbocycles. The highest BCUT2D eigenvalue weighted by Gasteiger charge is 2.19. The Morgan fingerprint density at radius 2 is 1.92 bits per heavy atom. The molecule has 1 saturated heterocycles. The molecule has 1 aromatic heterocycles. The number of nitrogens with zero attached hydrogens (tertiary/aromatic N) is 1. The molecule has 0 atom stereocenters. The number of rotatable bonds is 8. The molecule has 6 heteroatoms. The normalized spacial score (nSPS) is 15.6. The monoisotopic (exact) mass is 374 g/mol. The molecule has 0 spiro atoms. The zero-order valence-corrected chi connectivity index (χ0v) is 16.0. The van der Waals surface area contributed by atoms with Crippen LogP contribution in [0.25, 0.3) is 0 Å². The van der Waals surface area contributed by atoms with Crippen molar-refractivity contribution in [2.75, 3.05) is 33.4 Å². The predicted octanol–water partition coefficient (Wildman–Crippen LogP) is 3.16. The minimum absolute atomic E-state index is 0.0450. The van der Waals surface area contributed by atoms with Crippen LogP contribution >= 0.6 is 11.3 Å². The van der Waals surface area contributed by atoms with Crippen molar-refractivity contribution in [3.05, 3.63) is 46.7 Å². The summed E-state index contributed by atoms with van der Waals surface area (Å²) < 4.78 is 10.6. The largest absolute Gasteiger partial charge is 0.497 e. The van der Waals surface area contributed by atoms with Crippen molar-refractivity contribution in [3.8, 4) is 11.5 Å². The van der Waals surface area contributed by atoms with Gasteiger partial charge in [-0.25, -0.2) is 0 Å². The highest BCUT2D eigenvalue weighted by Crippen LogP contribution is 2.19. The average Bonchev–Trinajstić information content (AvgIpc) is 3.19. The van der Waals surface area contributed by atoms with E-state index < -0.39 is 0 Å². The standard InChI is InChI=1S/C20H26N2O3S/c1-24-18-2-4-19(5-3-18)25-14-20(23)21-12-16-6-9-22(10-7-16)13-17-8-11-26-15-17/h2-5,8,11,15-16H,6-7,9-10,12-14H2,1H3,(H,21,23). The van der Waals surface area contributed by atoms with Crippen LogP contribution in [-0.2, 0) is 11.3 Å². The topological polar surface area (TPSA) is 50.8 Å². The van der Waals surface area contributed by atoms with Gasteiger partial charge in [-0.15, -0.1) is 0 Å². The number of carbonyl (C=O) groups is 1. The van der Waals surface area contributed by atoms with E-state index in [2.05, 4.69) is 27.0 Å². The van der Waals surface area contributed by atoms with E-state index in [1.165, 1.54) is 5.56 Å². The third kappa shape index (κ3) is 5.75. The molecule has 1 N–H and O–H groups in total. The number of benzene rings is 1. The van der Waals surface area contributed by atoms with E-state index in [1.807, 2.05) is 12.1 Å². The summed E-state index contributed by atoms with van der Waals surface area (Å²) in [5, 5.41) is 7.35. The van der Waals surface area contributed by atoms with Crippen LogP contribution in [0.4, 0.5) is 0 Å². The number of hydrogen-bond acceptors (Lipinski definition) is 5. The van der Waals surface area contributed by atoms with Gasteiger partial charge in [-0.3, -0.25) is 9.69 Å². The fraction of sp³-hybridized carbons (Fsp3) is 0.450. The molecule has 0 unspecified atom stereocenters. The number of hydrogen-bond donors (Lipinski definition) is 1. The molecule has 0 bridgehead atoms. The lowest BCUT2D eigenvalue weighted by molar-refractivity contribution is -0.123. The maximum absolute atomic E-state index is 12.0. The van der Waals surface area contributed by atoms with Gasteiger partial charge >= 0.3 is 0 Å². The second-order valence-electron chi connectivity index (χ2n) is 6.62. The molecule has 5 nitrogen and oxygen atoms in total. The lowest BCUT2D eigenvalue weighted by Crippen LogP contribution is -2.39. The minimum Gasteiger partial charge on any atom is -0.497 e. The molecule has 3 rings (SSSR count). The number of carbonyl (C=O) groups excluding carboxylic acids is 1. The number of amides is 1. The minimum atomic E-state index is -0.0680. The van der Waals surface area contributed by atoms with E-state index >= 15 is 0 Å². The van der Waals surface area contributed by atoms with Crippen LogP contribution in [0.15, 0.2) is 41.1 Å². The van der Waals surface area contributed by atoms with Crippen molar-refractivity contribution >= 4 is 17.2 Å². The Bertz CT molecular complexity index is 665. The van der Waals surface area contributed by atoms with Crippen LogP contribution in [-0.4, -0.2) is 44.2 Å². The molecule has 1 aromatic carbocycles. The first-order valence-corrected chi connectivity index (χ1v) is 9.94. The summed E-state index contributed by atoms with van der Waals surface area (Å²) in [6.07, 6.45) is 2.26. The van der Waals surface area contributed by atoms with Crippen molar-refractivity contribution in [1.82, 2.24) is 10.2 Å². The van der Waals surface area contributed by atoms with Crippen LogP contribution < -0.4 is 14.8 Å². The van der Waals surface area contributed by atoms with E-state index in [4.69, 9.17) is 9.47 Å². The number of nitrogens with one attached hydrogen (secondary N) is 1. The molecule has 1 amide bonds. The molecule has 2 heterocycles. The van der Waals surface area contributed by atoms with Crippen molar-refractivity contribution < 1.29 is 14.3 Å². The van der Waals surface area contributed by atoms with Gasteiger partial charge in [0.25, 0.3) is 5.91 Å². The van der Waals surface area contributed by atoms with Crippen molar-refractivity contribution in [3.63, 3.8) is 0 Å². The summed E-state index contributed by atoms with van der Waals surface area (Å²) in [6, 6.07) is 9.43. The molecular formula is C20H26N2O3S. The van der Waals surface area contributed by atoms with Crippen molar-refractivity contribution in [1.29, 1.82) is 0 Å². The van der Waals surface area contributed by atoms with Gasteiger partial charge in [0, 0.05) is 13.1 Å². The number of methoxy groups -OCH3 is 1. The molecule has 140 valence electrons. The molecule has 26 heavy (non-hydrogen) atoms. The quantitative estimate of drug-likeness (QED) is 0.771. The Kier molecular flexibility index (Phi) is 6.91. The Labute approximate surface area is 158 Å². The maximum atomic E-state index is 12.0. The van der Waals surface area contributed by atoms with Crippen LogP contribution in [0, 0.1) is 5.92 Å². The molecule has 1 fully saturated rings. The summed E-state index contributed by atoms with van der Waals surface area (Å²) in [4.78, 5) is 14.5. The van der Waals surface area contributed by atoms with E-state index in [1.54, 1.807) is 30.6 Å². The van der Waals surface area contributed by atoms with Crippen LogP contribution in [0.3, 0.4) is 0 Å². The zero-order valence-electron chi connectivity index (χ0n) is 15.1. The first kappa shape index (κ1) is 18.7. The SMILES string of the molecule is COc1ccc(OCC(=O)NCC2CCN(Cc3ccsc3)CC2)cc1. The number of thiophene rings is 1. The molecular weight excluding hydrogens is 348 g/mol. The molecule has 2 aromatic rings. The first-order valence-electron chi connectivity index (χ1n) is 9.00. The Morgan fingerprint density at radius 1 is 1.19 bits per heavy atom. The maximum Gasteiger partial charge on any atom is 0.257 e. The number of likely N-dealkylation sites (tertiary alicyclic amines) is 1. The Balaban J connectivity index is 1.31. The van der Waals surface area contributed by atoms with Gasteiger partial charge in [0.05, 0.1) is 7.11 Å². The second-order valence-corrected chi connectivity index (χ2v) is 7.40. The molecule has 1 aliphatic heterocycles. The lowest BCUT2D eigenvalue weighted by atomic mass is 9.96. The summed E-state index contributed by atoms with van der Waals surface area (Å²) in [7, 11) is 1.62. The van der Waals surface area contributed by atoms with E-state index in [0.717, 1.165) is 44.8 Å². The van der Waals surface area contributed by atoms with Gasteiger partial charge in [-0.05, 0) is 78.5 Å². The fourth-order valence-corrected chi connectivity index (χ4v) is 3.78. The van der Waals surface area contributed by atoms with Crippen LogP contribution in [0.1, 0.15) is 18.4 Å². The van der Waals surface area contributed by atoms with Crippen LogP contribution in [0.2, 0.25) is 0 Å². The highest BCUT2D eigenvalue weighted by molar-refractivity contribution is 7.07. The smallest absolute Gasteiger partial charge is 0.257 e. The fourth-order valence-electron chi connectivity index (χ4n) is 3.12. The van der Waals surface area contributed by atoms with Gasteiger partial charge < -0.3 is 14.8 Å². The number of ether oxygens (including phenoxy) is 2. The summed E-state index contributed by atoms with van der Waals surface area (Å²) in [5.74, 6) is 1.93. The molecule has 0 radical (unpaired) electrons. The van der Waals surface area contributed by atoms with Gasteiger partial charge in [-0.1, -0.05) is 0 Å². The van der Waals surface area contributed by atoms with E-state index in [-0.39, 0.29) is 12.5 Å². The molecule has 1 aliphatic rings. The van der Waals surface area contributed by atoms with Crippen molar-refractivity contribution in [2.45, 2.75) is 19.4 Å². The van der Waals surface area contributed by atoms with Crippen LogP contribution in [0.5, 0.6) is 11.5 Å². The second kappa shape index (κ2) is 9.59. The summed E-state index contributed by atoms with van der Waals surface area (Å²) >= 11 is 1.75. The van der Waals surface area contributed by atoms with Crippen molar-refractivity contribution in [2.24, 2.45) is 5.92 Å². The summed E-state index contributed by atoms with van der Waals surface area (Å²) in [5.41, 5.74) is 1.40. The Morgan fingerprint density at radius 3 is 2.58 bits per heavy atom. The first-order chi connectivity index (χ1) is 12.7. The predicted molar refractivity (Wildman–Crippen MR) is 104 cm³/mol. The zero-order chi connectivity index (χ0) is 18.2. The average molecular weight is 375 g/mol. The molecule has 0 saturated carbocycles. The highest BCUT2D eigenvalue weighted by atomic mass is 32.1. The van der Waals surface area contributed by atoms with Gasteiger partial charge in [0.15, 0.2) is 6.61 Å². The number of piperidine rings is 1.